The van der Waals surface area contributed by atoms with Crippen molar-refractivity contribution in [1.82, 2.24) is 4.98 Å². The van der Waals surface area contributed by atoms with E-state index in [9.17, 15) is 8.78 Å². The van der Waals surface area contributed by atoms with E-state index in [0.29, 0.717) is 6.42 Å². The van der Waals surface area contributed by atoms with Crippen LogP contribution in [0, 0.1) is 0 Å². The highest BCUT2D eigenvalue weighted by molar-refractivity contribution is 5.42. The fourth-order valence-corrected chi connectivity index (χ4v) is 2.00. The lowest BCUT2D eigenvalue weighted by atomic mass is 9.93. The van der Waals surface area contributed by atoms with Crippen LogP contribution in [0.25, 0.3) is 0 Å². The second-order valence-electron chi connectivity index (χ2n) is 4.95. The predicted octanol–water partition coefficient (Wildman–Crippen LogP) is 4.49. The Morgan fingerprint density at radius 2 is 1.78 bits per heavy atom. The molecule has 0 saturated carbocycles. The minimum Gasteiger partial charge on any atom is -0.434 e. The minimum absolute atomic E-state index is 0.106. The van der Waals surface area contributed by atoms with Crippen molar-refractivity contribution >= 4 is 0 Å². The first-order chi connectivity index (χ1) is 8.36. The van der Waals surface area contributed by atoms with E-state index in [1.165, 1.54) is 0 Å². The second kappa shape index (κ2) is 6.12. The summed E-state index contributed by atoms with van der Waals surface area (Å²) >= 11 is 0. The van der Waals surface area contributed by atoms with E-state index in [2.05, 4.69) is 9.72 Å². The van der Waals surface area contributed by atoms with Gasteiger partial charge in [0, 0.05) is 17.3 Å². The molecule has 1 heterocycles. The van der Waals surface area contributed by atoms with Crippen LogP contribution >= 0.6 is 0 Å². The van der Waals surface area contributed by atoms with Crippen molar-refractivity contribution in [3.63, 3.8) is 0 Å². The van der Waals surface area contributed by atoms with Crippen LogP contribution in [-0.2, 0) is 6.42 Å². The maximum Gasteiger partial charge on any atom is 0.387 e. The van der Waals surface area contributed by atoms with E-state index < -0.39 is 6.61 Å². The highest BCUT2D eigenvalue weighted by Crippen LogP contribution is 2.34. The molecule has 0 spiro atoms. The first-order valence-electron chi connectivity index (χ1n) is 6.35. The topological polar surface area (TPSA) is 22.1 Å². The molecule has 0 aliphatic rings. The van der Waals surface area contributed by atoms with E-state index in [0.717, 1.165) is 17.0 Å². The van der Waals surface area contributed by atoms with Gasteiger partial charge in [-0.1, -0.05) is 34.6 Å². The van der Waals surface area contributed by atoms with Crippen LogP contribution in [-0.4, -0.2) is 11.6 Å². The number of hydrogen-bond acceptors (Lipinski definition) is 2. The van der Waals surface area contributed by atoms with E-state index in [1.54, 1.807) is 6.07 Å². The lowest BCUT2D eigenvalue weighted by Gasteiger charge is -2.20. The third-order valence-electron chi connectivity index (χ3n) is 2.81. The number of nitrogens with zero attached hydrogens (tertiary/aromatic N) is 1. The van der Waals surface area contributed by atoms with Crippen LogP contribution in [0.4, 0.5) is 8.78 Å². The number of aryl methyl sites for hydroxylation is 1. The standard InChI is InChI=1S/C14H21F2NO/c1-6-10-7-11(18-14(15)16)12(8(2)3)13(17-10)9(4)5/h7-9,14H,6H2,1-5H3. The summed E-state index contributed by atoms with van der Waals surface area (Å²) < 4.78 is 29.6. The third kappa shape index (κ3) is 3.40. The number of aromatic nitrogens is 1. The molecule has 0 aliphatic heterocycles. The molecule has 0 fully saturated rings. The fraction of sp³-hybridized carbons (Fsp3) is 0.643. The molecule has 0 bridgehead atoms. The summed E-state index contributed by atoms with van der Waals surface area (Å²) in [5.41, 5.74) is 2.45. The molecule has 0 aromatic carbocycles. The van der Waals surface area contributed by atoms with Gasteiger partial charge in [0.1, 0.15) is 5.75 Å². The first-order valence-corrected chi connectivity index (χ1v) is 6.35. The Morgan fingerprint density at radius 3 is 2.17 bits per heavy atom. The molecule has 1 rings (SSSR count). The second-order valence-corrected chi connectivity index (χ2v) is 4.95. The zero-order valence-electron chi connectivity index (χ0n) is 11.6. The van der Waals surface area contributed by atoms with Crippen LogP contribution in [0.2, 0.25) is 0 Å². The highest BCUT2D eigenvalue weighted by atomic mass is 19.3. The van der Waals surface area contributed by atoms with Crippen molar-refractivity contribution < 1.29 is 13.5 Å². The van der Waals surface area contributed by atoms with E-state index in [1.807, 2.05) is 34.6 Å². The average Bonchev–Trinajstić information content (AvgIpc) is 2.26. The quantitative estimate of drug-likeness (QED) is 0.775. The van der Waals surface area contributed by atoms with Crippen LogP contribution in [0.1, 0.15) is 63.4 Å². The smallest absolute Gasteiger partial charge is 0.387 e. The number of hydrogen-bond donors (Lipinski definition) is 0. The van der Waals surface area contributed by atoms with Gasteiger partial charge in [0.05, 0.1) is 5.69 Å². The third-order valence-corrected chi connectivity index (χ3v) is 2.81. The number of pyridine rings is 1. The molecule has 1 aromatic heterocycles. The Morgan fingerprint density at radius 1 is 1.17 bits per heavy atom. The van der Waals surface area contributed by atoms with Crippen LogP contribution in [0.3, 0.4) is 0 Å². The number of ether oxygens (including phenoxy) is 1. The van der Waals surface area contributed by atoms with Crippen molar-refractivity contribution in [3.05, 3.63) is 23.0 Å². The Labute approximate surface area is 107 Å². The number of halogens is 2. The molecular formula is C14H21F2NO. The fourth-order valence-electron chi connectivity index (χ4n) is 2.00. The van der Waals surface area contributed by atoms with Gasteiger partial charge in [-0.25, -0.2) is 0 Å². The minimum atomic E-state index is -2.80. The van der Waals surface area contributed by atoms with Crippen LogP contribution in [0.5, 0.6) is 5.75 Å². The highest BCUT2D eigenvalue weighted by Gasteiger charge is 2.20. The molecular weight excluding hydrogens is 236 g/mol. The first kappa shape index (κ1) is 14.9. The molecule has 2 nitrogen and oxygen atoms in total. The molecule has 0 amide bonds. The van der Waals surface area contributed by atoms with E-state index in [4.69, 9.17) is 0 Å². The molecule has 4 heteroatoms. The average molecular weight is 257 g/mol. The molecule has 102 valence electrons. The normalized spacial score (nSPS) is 11.7. The summed E-state index contributed by atoms with van der Waals surface area (Å²) in [4.78, 5) is 4.55. The SMILES string of the molecule is CCc1cc(OC(F)F)c(C(C)C)c(C(C)C)n1. The Kier molecular flexibility index (Phi) is 5.05. The Bertz CT molecular complexity index is 403. The summed E-state index contributed by atoms with van der Waals surface area (Å²) in [6, 6.07) is 1.63. The summed E-state index contributed by atoms with van der Waals surface area (Å²) in [5, 5.41) is 0. The summed E-state index contributed by atoms with van der Waals surface area (Å²) in [6.07, 6.45) is 0.706. The van der Waals surface area contributed by atoms with Gasteiger partial charge >= 0.3 is 6.61 Å². The zero-order valence-corrected chi connectivity index (χ0v) is 11.6. The van der Waals surface area contributed by atoms with Crippen LogP contribution < -0.4 is 4.74 Å². The number of rotatable bonds is 5. The lowest BCUT2D eigenvalue weighted by Crippen LogP contribution is -2.11. The van der Waals surface area contributed by atoms with Gasteiger partial charge in [-0.05, 0) is 18.3 Å². The van der Waals surface area contributed by atoms with E-state index in [-0.39, 0.29) is 17.6 Å². The molecule has 0 saturated heterocycles. The Balaban J connectivity index is 3.39. The molecule has 18 heavy (non-hydrogen) atoms. The molecule has 0 radical (unpaired) electrons. The number of alkyl halides is 2. The summed E-state index contributed by atoms with van der Waals surface area (Å²) in [5.74, 6) is 0.569. The maximum absolute atomic E-state index is 12.5. The van der Waals surface area contributed by atoms with Gasteiger partial charge < -0.3 is 4.74 Å². The van der Waals surface area contributed by atoms with E-state index >= 15 is 0 Å². The van der Waals surface area contributed by atoms with Crippen molar-refractivity contribution in [2.24, 2.45) is 0 Å². The largest absolute Gasteiger partial charge is 0.434 e. The van der Waals surface area contributed by atoms with Gasteiger partial charge in [0.15, 0.2) is 0 Å². The Hall–Kier alpha value is -1.19. The molecule has 0 unspecified atom stereocenters. The van der Waals surface area contributed by atoms with Gasteiger partial charge in [-0.15, -0.1) is 0 Å². The van der Waals surface area contributed by atoms with Crippen LogP contribution in [0.15, 0.2) is 6.07 Å². The monoisotopic (exact) mass is 257 g/mol. The van der Waals surface area contributed by atoms with Crippen molar-refractivity contribution in [3.8, 4) is 5.75 Å². The molecule has 0 N–H and O–H groups in total. The van der Waals surface area contributed by atoms with Gasteiger partial charge in [-0.3, -0.25) is 4.98 Å². The molecule has 0 atom stereocenters. The van der Waals surface area contributed by atoms with Gasteiger partial charge in [0.2, 0.25) is 0 Å². The van der Waals surface area contributed by atoms with Gasteiger partial charge in [0.25, 0.3) is 0 Å². The zero-order chi connectivity index (χ0) is 13.9. The summed E-state index contributed by atoms with van der Waals surface area (Å²) in [6.45, 7) is 7.11. The maximum atomic E-state index is 12.5. The van der Waals surface area contributed by atoms with Crippen molar-refractivity contribution in [2.75, 3.05) is 0 Å². The van der Waals surface area contributed by atoms with Crippen molar-refractivity contribution in [2.45, 2.75) is 59.5 Å². The summed E-state index contributed by atoms with van der Waals surface area (Å²) in [7, 11) is 0. The predicted molar refractivity (Wildman–Crippen MR) is 68.4 cm³/mol. The van der Waals surface area contributed by atoms with Crippen molar-refractivity contribution in [1.29, 1.82) is 0 Å². The molecule has 0 aliphatic carbocycles. The molecule has 1 aromatic rings. The van der Waals surface area contributed by atoms with Gasteiger partial charge in [-0.2, -0.15) is 8.78 Å². The lowest BCUT2D eigenvalue weighted by molar-refractivity contribution is -0.0507.